The molecule has 13 aromatic rings. The van der Waals surface area contributed by atoms with Crippen LogP contribution in [0.5, 0.6) is 0 Å². The molecule has 0 aliphatic carbocycles. The first-order valence-corrected chi connectivity index (χ1v) is 23.5. The van der Waals surface area contributed by atoms with Gasteiger partial charge in [-0.3, -0.25) is 0 Å². The molecule has 0 bridgehead atoms. The zero-order valence-electron chi connectivity index (χ0n) is 34.3. The largest absolute Gasteiger partial charge is 0.0617 e. The molecule has 1 heterocycles. The van der Waals surface area contributed by atoms with Gasteiger partial charge in [0.1, 0.15) is 0 Å². The molecular formula is C62H38Se. The van der Waals surface area contributed by atoms with Crippen LogP contribution in [0.3, 0.4) is 0 Å². The van der Waals surface area contributed by atoms with E-state index in [4.69, 9.17) is 0 Å². The molecule has 292 valence electrons. The van der Waals surface area contributed by atoms with Crippen molar-refractivity contribution in [1.29, 1.82) is 0 Å². The molecule has 0 nitrogen and oxygen atoms in total. The van der Waals surface area contributed by atoms with Crippen LogP contribution in [0.25, 0.3) is 129 Å². The van der Waals surface area contributed by atoms with E-state index in [1.165, 1.54) is 129 Å². The van der Waals surface area contributed by atoms with E-state index in [2.05, 4.69) is 231 Å². The first kappa shape index (κ1) is 36.1. The summed E-state index contributed by atoms with van der Waals surface area (Å²) >= 11 is 0.0997. The van der Waals surface area contributed by atoms with Crippen molar-refractivity contribution in [3.63, 3.8) is 0 Å². The molecule has 0 saturated carbocycles. The Morgan fingerprint density at radius 3 is 1.11 bits per heavy atom. The van der Waals surface area contributed by atoms with E-state index in [9.17, 15) is 0 Å². The van der Waals surface area contributed by atoms with Gasteiger partial charge in [0.25, 0.3) is 0 Å². The first-order valence-electron chi connectivity index (χ1n) is 21.8. The minimum atomic E-state index is 0.0997. The summed E-state index contributed by atoms with van der Waals surface area (Å²) < 4.78 is 2.90. The third kappa shape index (κ3) is 5.54. The van der Waals surface area contributed by atoms with Crippen molar-refractivity contribution in [3.8, 4) is 55.6 Å². The first-order chi connectivity index (χ1) is 31.3. The second-order valence-electron chi connectivity index (χ2n) is 16.6. The number of hydrogen-bond donors (Lipinski definition) is 0. The molecule has 1 heteroatoms. The maximum Gasteiger partial charge on any atom is -0.0544 e. The molecule has 0 aliphatic heterocycles. The molecule has 13 rings (SSSR count). The summed E-state index contributed by atoms with van der Waals surface area (Å²) in [6, 6.07) is 85.8. The fourth-order valence-electron chi connectivity index (χ4n) is 10.7. The topological polar surface area (TPSA) is 0 Å². The van der Waals surface area contributed by atoms with Crippen LogP contribution < -0.4 is 0 Å². The van der Waals surface area contributed by atoms with E-state index in [0.717, 1.165) is 0 Å². The SMILES string of the molecule is c1ccc(-c2ccc(-c3c4ccccc4c(-c4cccc5[se]c6c(-c7c8ccccc8c(-c8ccccc8)c8ccccc78)cccc6c45)c4ccccc34)c3ccccc23)cc1. The summed E-state index contributed by atoms with van der Waals surface area (Å²) in [5.74, 6) is 0. The van der Waals surface area contributed by atoms with Crippen molar-refractivity contribution in [2.24, 2.45) is 0 Å². The number of hydrogen-bond acceptors (Lipinski definition) is 0. The predicted molar refractivity (Wildman–Crippen MR) is 273 cm³/mol. The van der Waals surface area contributed by atoms with Gasteiger partial charge in [0, 0.05) is 0 Å². The monoisotopic (exact) mass is 862 g/mol. The number of benzene rings is 12. The molecule has 0 fully saturated rings. The maximum absolute atomic E-state index is 2.39. The van der Waals surface area contributed by atoms with E-state index >= 15 is 0 Å². The summed E-state index contributed by atoms with van der Waals surface area (Å²) in [6.45, 7) is 0. The van der Waals surface area contributed by atoms with Gasteiger partial charge < -0.3 is 0 Å². The second-order valence-corrected chi connectivity index (χ2v) is 18.8. The Labute approximate surface area is 371 Å². The van der Waals surface area contributed by atoms with E-state index in [0.29, 0.717) is 0 Å². The Kier molecular flexibility index (Phi) is 8.34. The van der Waals surface area contributed by atoms with Crippen LogP contribution in [0.1, 0.15) is 0 Å². The van der Waals surface area contributed by atoms with E-state index < -0.39 is 0 Å². The molecule has 0 aliphatic rings. The Morgan fingerprint density at radius 1 is 0.206 bits per heavy atom. The fourth-order valence-corrected chi connectivity index (χ4v) is 13.3. The van der Waals surface area contributed by atoms with Crippen LogP contribution in [-0.2, 0) is 0 Å². The average molecular weight is 862 g/mol. The summed E-state index contributed by atoms with van der Waals surface area (Å²) in [6.07, 6.45) is 0. The summed E-state index contributed by atoms with van der Waals surface area (Å²) in [5, 5.41) is 15.6. The molecule has 0 unspecified atom stereocenters. The van der Waals surface area contributed by atoms with Crippen molar-refractivity contribution >= 4 is 87.7 Å². The quantitative estimate of drug-likeness (QED) is 0.119. The summed E-state index contributed by atoms with van der Waals surface area (Å²) in [7, 11) is 0. The van der Waals surface area contributed by atoms with E-state index in [1.54, 1.807) is 0 Å². The molecule has 12 aromatic carbocycles. The zero-order valence-corrected chi connectivity index (χ0v) is 36.1. The molecule has 0 amide bonds. The van der Waals surface area contributed by atoms with Gasteiger partial charge in [-0.25, -0.2) is 0 Å². The standard InChI is InChI=1S/C62H38Se/c1-3-19-39(20-4-1)41-37-38-52(43-24-8-7-23-42(41)43)58-48-29-13-15-31-50(48)59(51-32-16-14-30-49(51)58)53-33-18-36-56-61(53)55-35-17-34-54(62(55)63-56)60-46-27-11-9-25-44(46)57(40-21-5-2-6-22-40)45-26-10-12-28-47(45)60/h1-38H. The smallest absolute Gasteiger partial charge is 0.0544 e. The van der Waals surface area contributed by atoms with Gasteiger partial charge in [0.05, 0.1) is 0 Å². The predicted octanol–water partition coefficient (Wildman–Crippen LogP) is 17.2. The molecule has 63 heavy (non-hydrogen) atoms. The van der Waals surface area contributed by atoms with Crippen molar-refractivity contribution < 1.29 is 0 Å². The van der Waals surface area contributed by atoms with Gasteiger partial charge in [-0.05, 0) is 0 Å². The zero-order chi connectivity index (χ0) is 41.4. The fraction of sp³-hybridized carbons (Fsp3) is 0. The Morgan fingerprint density at radius 2 is 0.571 bits per heavy atom. The average Bonchev–Trinajstić information content (AvgIpc) is 3.75. The Bertz CT molecular complexity index is 3840. The van der Waals surface area contributed by atoms with Gasteiger partial charge in [-0.15, -0.1) is 0 Å². The number of fused-ring (bicyclic) bond motifs is 8. The molecule has 0 radical (unpaired) electrons. The van der Waals surface area contributed by atoms with Gasteiger partial charge in [0.2, 0.25) is 0 Å². The van der Waals surface area contributed by atoms with Crippen molar-refractivity contribution in [2.75, 3.05) is 0 Å². The molecule has 0 spiro atoms. The van der Waals surface area contributed by atoms with E-state index in [1.807, 2.05) is 0 Å². The van der Waals surface area contributed by atoms with Crippen LogP contribution in [0, 0.1) is 0 Å². The molecule has 1 aromatic heterocycles. The van der Waals surface area contributed by atoms with Crippen molar-refractivity contribution in [3.05, 3.63) is 231 Å². The van der Waals surface area contributed by atoms with E-state index in [-0.39, 0.29) is 14.5 Å². The third-order valence-electron chi connectivity index (χ3n) is 13.3. The molecule has 0 N–H and O–H groups in total. The maximum atomic E-state index is 2.39. The second kappa shape index (κ2) is 14.5. The Balaban J connectivity index is 1.09. The van der Waals surface area contributed by atoms with Gasteiger partial charge >= 0.3 is 343 Å². The van der Waals surface area contributed by atoms with Crippen LogP contribution in [0.15, 0.2) is 231 Å². The Hall–Kier alpha value is -7.54. The minimum Gasteiger partial charge on any atom is -0.0617 e. The van der Waals surface area contributed by atoms with Gasteiger partial charge in [0.15, 0.2) is 0 Å². The molecular weight excluding hydrogens is 824 g/mol. The molecule has 0 saturated heterocycles. The van der Waals surface area contributed by atoms with Crippen LogP contribution in [0.2, 0.25) is 0 Å². The van der Waals surface area contributed by atoms with Crippen LogP contribution >= 0.6 is 0 Å². The van der Waals surface area contributed by atoms with Crippen molar-refractivity contribution in [1.82, 2.24) is 0 Å². The minimum absolute atomic E-state index is 0.0997. The van der Waals surface area contributed by atoms with Crippen molar-refractivity contribution in [2.45, 2.75) is 0 Å². The normalized spacial score (nSPS) is 11.8. The van der Waals surface area contributed by atoms with Crippen LogP contribution in [0.4, 0.5) is 0 Å². The molecule has 0 atom stereocenters. The summed E-state index contributed by atoms with van der Waals surface area (Å²) in [5.41, 5.74) is 12.9. The number of rotatable bonds is 5. The third-order valence-corrected chi connectivity index (χ3v) is 15.8. The summed E-state index contributed by atoms with van der Waals surface area (Å²) in [4.78, 5) is 0. The van der Waals surface area contributed by atoms with Gasteiger partial charge in [-0.2, -0.15) is 0 Å². The van der Waals surface area contributed by atoms with Gasteiger partial charge in [-0.1, -0.05) is 30.3 Å². The van der Waals surface area contributed by atoms with Crippen LogP contribution in [-0.4, -0.2) is 14.5 Å².